The number of nitrogens with one attached hydrogen (secondary N) is 2. The molecule has 0 radical (unpaired) electrons. The third-order valence-electron chi connectivity index (χ3n) is 5.03. The molecule has 0 fully saturated rings. The lowest BCUT2D eigenvalue weighted by Crippen LogP contribution is -2.21. The number of hydrogen-bond acceptors (Lipinski definition) is 7. The maximum Gasteiger partial charge on any atom is 0.246 e. The van der Waals surface area contributed by atoms with Gasteiger partial charge < -0.3 is 21.1 Å². The molecular formula is C24H22FN5O4S. The third-order valence-corrected chi connectivity index (χ3v) is 6.86. The molecule has 1 aromatic heterocycles. The van der Waals surface area contributed by atoms with Crippen LogP contribution in [0.15, 0.2) is 88.7 Å². The second-order valence-corrected chi connectivity index (χ2v) is 9.31. The second-order valence-electron chi connectivity index (χ2n) is 7.42. The van der Waals surface area contributed by atoms with E-state index in [2.05, 4.69) is 15.7 Å². The van der Waals surface area contributed by atoms with Crippen LogP contribution in [0.2, 0.25) is 0 Å². The minimum atomic E-state index is -4.13. The van der Waals surface area contributed by atoms with Gasteiger partial charge in [0.15, 0.2) is 10.7 Å². The lowest BCUT2D eigenvalue weighted by atomic mass is 10.3. The van der Waals surface area contributed by atoms with Crippen LogP contribution >= 0.6 is 0 Å². The van der Waals surface area contributed by atoms with Crippen LogP contribution in [0, 0.1) is 5.82 Å². The maximum absolute atomic E-state index is 13.7. The van der Waals surface area contributed by atoms with Crippen LogP contribution in [0.5, 0.6) is 5.75 Å². The molecule has 4 N–H and O–H groups in total. The highest BCUT2D eigenvalue weighted by Crippen LogP contribution is 2.34. The van der Waals surface area contributed by atoms with Gasteiger partial charge in [-0.05, 0) is 42.5 Å². The molecule has 0 spiro atoms. The van der Waals surface area contributed by atoms with Crippen molar-refractivity contribution >= 4 is 38.8 Å². The second kappa shape index (κ2) is 9.85. The van der Waals surface area contributed by atoms with Crippen molar-refractivity contribution in [2.45, 2.75) is 16.3 Å². The Bertz CT molecular complexity index is 1470. The number of anilines is 4. The Morgan fingerprint density at radius 3 is 2.49 bits per heavy atom. The lowest BCUT2D eigenvalue weighted by Gasteiger charge is -2.10. The summed E-state index contributed by atoms with van der Waals surface area (Å²) in [6.07, 6.45) is 0. The standard InChI is InChI=1S/C24H22FN5O4S/c1-34-20-13-6-5-12-19(20)28-21(31)15-30-23(26)22(35(32,33)18-10-3-2-4-11-18)24(29-30)27-17-9-7-8-16(25)14-17/h2-14H,15,26H2,1H3,(H,27,29)(H,28,31). The number of halogens is 1. The molecule has 1 heterocycles. The van der Waals surface area contributed by atoms with E-state index >= 15 is 0 Å². The van der Waals surface area contributed by atoms with E-state index < -0.39 is 21.6 Å². The number of carbonyl (C=O) groups excluding carboxylic acids is 1. The van der Waals surface area contributed by atoms with E-state index in [4.69, 9.17) is 10.5 Å². The summed E-state index contributed by atoms with van der Waals surface area (Å²) in [5.74, 6) is -0.962. The summed E-state index contributed by atoms with van der Waals surface area (Å²) in [7, 11) is -2.66. The average molecular weight is 496 g/mol. The molecule has 11 heteroatoms. The molecule has 4 aromatic rings. The Kier molecular flexibility index (Phi) is 6.69. The van der Waals surface area contributed by atoms with E-state index in [1.165, 1.54) is 37.4 Å². The molecule has 0 aliphatic heterocycles. The number of carbonyl (C=O) groups is 1. The Hall–Kier alpha value is -4.38. The van der Waals surface area contributed by atoms with E-state index in [9.17, 15) is 17.6 Å². The van der Waals surface area contributed by atoms with E-state index in [1.54, 1.807) is 48.5 Å². The zero-order valence-corrected chi connectivity index (χ0v) is 19.4. The molecule has 0 aliphatic rings. The van der Waals surface area contributed by atoms with Gasteiger partial charge in [0.05, 0.1) is 17.7 Å². The first-order valence-corrected chi connectivity index (χ1v) is 11.9. The molecule has 180 valence electrons. The van der Waals surface area contributed by atoms with Gasteiger partial charge in [0.1, 0.15) is 23.9 Å². The van der Waals surface area contributed by atoms with Crippen molar-refractivity contribution in [2.75, 3.05) is 23.5 Å². The molecule has 3 aromatic carbocycles. The Morgan fingerprint density at radius 2 is 1.77 bits per heavy atom. The van der Waals surface area contributed by atoms with Crippen molar-refractivity contribution in [1.82, 2.24) is 9.78 Å². The van der Waals surface area contributed by atoms with E-state index in [1.807, 2.05) is 0 Å². The zero-order chi connectivity index (χ0) is 25.0. The Balaban J connectivity index is 1.72. The van der Waals surface area contributed by atoms with Crippen molar-refractivity contribution < 1.29 is 22.3 Å². The number of nitrogens with two attached hydrogens (primary N) is 1. The van der Waals surface area contributed by atoms with Crippen molar-refractivity contribution in [3.8, 4) is 5.75 Å². The number of nitrogen functional groups attached to an aromatic ring is 1. The van der Waals surface area contributed by atoms with Crippen LogP contribution in [0.4, 0.5) is 27.4 Å². The number of rotatable bonds is 8. The largest absolute Gasteiger partial charge is 0.495 e. The summed E-state index contributed by atoms with van der Waals surface area (Å²) >= 11 is 0. The predicted molar refractivity (Wildman–Crippen MR) is 130 cm³/mol. The van der Waals surface area contributed by atoms with Crippen LogP contribution in [0.1, 0.15) is 0 Å². The van der Waals surface area contributed by atoms with Crippen LogP contribution in [0.3, 0.4) is 0 Å². The smallest absolute Gasteiger partial charge is 0.246 e. The quantitative estimate of drug-likeness (QED) is 0.339. The van der Waals surface area contributed by atoms with Gasteiger partial charge in [-0.1, -0.05) is 36.4 Å². The number of sulfone groups is 1. The molecule has 0 atom stereocenters. The van der Waals surface area contributed by atoms with Crippen molar-refractivity contribution in [3.63, 3.8) is 0 Å². The number of ether oxygens (including phenoxy) is 1. The van der Waals surface area contributed by atoms with Gasteiger partial charge in [-0.3, -0.25) is 4.79 Å². The van der Waals surface area contributed by atoms with Crippen LogP contribution in [0.25, 0.3) is 0 Å². The maximum atomic E-state index is 13.7. The monoisotopic (exact) mass is 495 g/mol. The molecule has 0 aliphatic carbocycles. The minimum Gasteiger partial charge on any atom is -0.495 e. The molecule has 4 rings (SSSR count). The number of hydrogen-bond donors (Lipinski definition) is 3. The number of amides is 1. The molecular weight excluding hydrogens is 473 g/mol. The highest BCUT2D eigenvalue weighted by atomic mass is 32.2. The lowest BCUT2D eigenvalue weighted by molar-refractivity contribution is -0.116. The normalized spacial score (nSPS) is 11.1. The summed E-state index contributed by atoms with van der Waals surface area (Å²) in [4.78, 5) is 12.4. The van der Waals surface area contributed by atoms with Crippen LogP contribution in [-0.2, 0) is 21.2 Å². The molecule has 0 bridgehead atoms. The first kappa shape index (κ1) is 23.8. The fourth-order valence-corrected chi connectivity index (χ4v) is 4.90. The molecule has 0 saturated carbocycles. The first-order valence-electron chi connectivity index (χ1n) is 10.4. The van der Waals surface area contributed by atoms with Gasteiger partial charge in [-0.2, -0.15) is 5.10 Å². The van der Waals surface area contributed by atoms with Crippen LogP contribution < -0.4 is 21.1 Å². The number of methoxy groups -OCH3 is 1. The summed E-state index contributed by atoms with van der Waals surface area (Å²) in [5.41, 5.74) is 6.90. The number of aromatic nitrogens is 2. The van der Waals surface area contributed by atoms with E-state index in [-0.39, 0.29) is 33.7 Å². The number of nitrogens with zero attached hydrogens (tertiary/aromatic N) is 2. The van der Waals surface area contributed by atoms with Gasteiger partial charge in [0.2, 0.25) is 15.7 Å². The molecule has 35 heavy (non-hydrogen) atoms. The topological polar surface area (TPSA) is 128 Å². The fraction of sp³-hybridized carbons (Fsp3) is 0.0833. The Morgan fingerprint density at radius 1 is 1.06 bits per heavy atom. The summed E-state index contributed by atoms with van der Waals surface area (Å²) in [5, 5.41) is 9.74. The van der Waals surface area contributed by atoms with Crippen molar-refractivity contribution in [2.24, 2.45) is 0 Å². The zero-order valence-electron chi connectivity index (χ0n) is 18.6. The SMILES string of the molecule is COc1ccccc1NC(=O)Cn1nc(Nc2cccc(F)c2)c(S(=O)(=O)c2ccccc2)c1N. The first-order chi connectivity index (χ1) is 16.8. The van der Waals surface area contributed by atoms with E-state index in [0.717, 1.165) is 4.68 Å². The summed E-state index contributed by atoms with van der Waals surface area (Å²) < 4.78 is 46.9. The predicted octanol–water partition coefficient (Wildman–Crippen LogP) is 3.83. The average Bonchev–Trinajstić information content (AvgIpc) is 3.14. The molecule has 1 amide bonds. The van der Waals surface area contributed by atoms with Crippen molar-refractivity contribution in [1.29, 1.82) is 0 Å². The highest BCUT2D eigenvalue weighted by molar-refractivity contribution is 7.91. The van der Waals surface area contributed by atoms with Gasteiger partial charge >= 0.3 is 0 Å². The Labute approximate surface area is 201 Å². The van der Waals surface area contributed by atoms with Gasteiger partial charge in [0, 0.05) is 5.69 Å². The summed E-state index contributed by atoms with van der Waals surface area (Å²) in [6.45, 7) is -0.383. The fourth-order valence-electron chi connectivity index (χ4n) is 3.42. The van der Waals surface area contributed by atoms with Crippen molar-refractivity contribution in [3.05, 3.63) is 84.7 Å². The molecule has 0 saturated heterocycles. The highest BCUT2D eigenvalue weighted by Gasteiger charge is 2.30. The molecule has 9 nitrogen and oxygen atoms in total. The summed E-state index contributed by atoms with van der Waals surface area (Å²) in [6, 6.07) is 20.0. The van der Waals surface area contributed by atoms with Gasteiger partial charge in [-0.25, -0.2) is 17.5 Å². The van der Waals surface area contributed by atoms with Gasteiger partial charge in [-0.15, -0.1) is 0 Å². The van der Waals surface area contributed by atoms with Crippen LogP contribution in [-0.4, -0.2) is 31.2 Å². The number of benzene rings is 3. The minimum absolute atomic E-state index is 0.00739. The van der Waals surface area contributed by atoms with Gasteiger partial charge in [0.25, 0.3) is 0 Å². The van der Waals surface area contributed by atoms with E-state index in [0.29, 0.717) is 11.4 Å². The molecule has 0 unspecified atom stereocenters. The third kappa shape index (κ3) is 5.09. The number of para-hydroxylation sites is 2.